The normalized spacial score (nSPS) is 15.3. The molecule has 4 heterocycles. The van der Waals surface area contributed by atoms with Crippen LogP contribution in [0, 0.1) is 0 Å². The Morgan fingerprint density at radius 1 is 1.21 bits per heavy atom. The molecular formula is C17H17F2N7O2. The van der Waals surface area contributed by atoms with E-state index in [0.717, 1.165) is 43.7 Å². The number of halogens is 2. The summed E-state index contributed by atoms with van der Waals surface area (Å²) in [4.78, 5) is 16.9. The van der Waals surface area contributed by atoms with Gasteiger partial charge in [0.15, 0.2) is 0 Å². The number of hydrogen-bond acceptors (Lipinski definition) is 7. The van der Waals surface area contributed by atoms with Gasteiger partial charge in [0.25, 0.3) is 5.89 Å². The maximum Gasteiger partial charge on any atom is 0.314 e. The maximum atomic E-state index is 12.5. The molecule has 11 heteroatoms. The van der Waals surface area contributed by atoms with Gasteiger partial charge >= 0.3 is 6.43 Å². The molecule has 0 radical (unpaired) electrons. The Morgan fingerprint density at radius 2 is 2.04 bits per heavy atom. The molecule has 1 aliphatic rings. The van der Waals surface area contributed by atoms with Gasteiger partial charge in [-0.15, -0.1) is 15.3 Å². The van der Waals surface area contributed by atoms with E-state index in [0.29, 0.717) is 18.0 Å². The minimum absolute atomic E-state index is 0.000872. The molecule has 0 atom stereocenters. The molecule has 0 aromatic carbocycles. The number of rotatable bonds is 6. The topological polar surface area (TPSA) is 103 Å². The lowest BCUT2D eigenvalue weighted by atomic mass is 9.94. The minimum Gasteiger partial charge on any atom is -0.415 e. The van der Waals surface area contributed by atoms with Crippen molar-refractivity contribution in [1.29, 1.82) is 0 Å². The zero-order valence-electron chi connectivity index (χ0n) is 14.8. The van der Waals surface area contributed by atoms with Crippen LogP contribution < -0.4 is 0 Å². The highest BCUT2D eigenvalue weighted by Crippen LogP contribution is 2.26. The summed E-state index contributed by atoms with van der Waals surface area (Å²) in [7, 11) is 0. The summed E-state index contributed by atoms with van der Waals surface area (Å²) in [6.45, 7) is 1.88. The van der Waals surface area contributed by atoms with Crippen LogP contribution in [0.3, 0.4) is 0 Å². The summed E-state index contributed by atoms with van der Waals surface area (Å²) >= 11 is 0. The lowest BCUT2D eigenvalue weighted by Gasteiger charge is -2.27. The van der Waals surface area contributed by atoms with Crippen molar-refractivity contribution in [3.05, 3.63) is 41.8 Å². The summed E-state index contributed by atoms with van der Waals surface area (Å²) in [5.74, 6) is -0.422. The number of carbonyl (C=O) groups excluding carboxylic acids is 1. The number of hydrogen-bond donors (Lipinski definition) is 0. The summed E-state index contributed by atoms with van der Waals surface area (Å²) in [5, 5.41) is 15.3. The molecule has 9 nitrogen and oxygen atoms in total. The van der Waals surface area contributed by atoms with Crippen molar-refractivity contribution in [3.63, 3.8) is 0 Å². The molecule has 0 unspecified atom stereocenters. The number of pyridine rings is 1. The van der Waals surface area contributed by atoms with E-state index in [2.05, 4.69) is 25.5 Å². The Morgan fingerprint density at radius 3 is 2.68 bits per heavy atom. The standard InChI is InChI=1S/C17H17F2N7O2/c18-15(19)17-23-22-16(28-17)12-1-2-13(20-7-12)8-26-9-14(21-24-26)11-3-5-25(10-27)6-4-11/h1-2,7,9-11,15H,3-6,8H2. The van der Waals surface area contributed by atoms with Crippen LogP contribution in [0.4, 0.5) is 8.78 Å². The summed E-state index contributed by atoms with van der Waals surface area (Å²) in [6, 6.07) is 3.42. The van der Waals surface area contributed by atoms with E-state index in [1.54, 1.807) is 21.7 Å². The lowest BCUT2D eigenvalue weighted by molar-refractivity contribution is -0.119. The number of piperidine rings is 1. The minimum atomic E-state index is -2.80. The van der Waals surface area contributed by atoms with Crippen LogP contribution >= 0.6 is 0 Å². The van der Waals surface area contributed by atoms with Gasteiger partial charge in [-0.2, -0.15) is 8.78 Å². The average molecular weight is 389 g/mol. The Labute approximate surface area is 158 Å². The van der Waals surface area contributed by atoms with Crippen molar-refractivity contribution in [2.45, 2.75) is 31.7 Å². The van der Waals surface area contributed by atoms with Crippen LogP contribution in [-0.2, 0) is 11.3 Å². The lowest BCUT2D eigenvalue weighted by Crippen LogP contribution is -2.31. The first-order valence-electron chi connectivity index (χ1n) is 8.78. The molecule has 0 N–H and O–H groups in total. The van der Waals surface area contributed by atoms with Crippen LogP contribution in [0.5, 0.6) is 0 Å². The third-order valence-corrected chi connectivity index (χ3v) is 4.68. The van der Waals surface area contributed by atoms with Gasteiger partial charge in [-0.05, 0) is 25.0 Å². The molecule has 4 rings (SSSR count). The van der Waals surface area contributed by atoms with Gasteiger partial charge in [0.2, 0.25) is 12.3 Å². The molecule has 0 bridgehead atoms. The Balaban J connectivity index is 1.39. The van der Waals surface area contributed by atoms with E-state index in [1.165, 1.54) is 6.20 Å². The van der Waals surface area contributed by atoms with E-state index in [9.17, 15) is 13.6 Å². The fraction of sp³-hybridized carbons (Fsp3) is 0.412. The summed E-state index contributed by atoms with van der Waals surface area (Å²) in [5.41, 5.74) is 2.10. The molecular weight excluding hydrogens is 372 g/mol. The highest BCUT2D eigenvalue weighted by Gasteiger charge is 2.22. The molecule has 1 fully saturated rings. The number of carbonyl (C=O) groups is 1. The van der Waals surface area contributed by atoms with Gasteiger partial charge in [0, 0.05) is 31.4 Å². The quantitative estimate of drug-likeness (QED) is 0.595. The smallest absolute Gasteiger partial charge is 0.314 e. The molecule has 28 heavy (non-hydrogen) atoms. The van der Waals surface area contributed by atoms with Crippen molar-refractivity contribution < 1.29 is 18.0 Å². The largest absolute Gasteiger partial charge is 0.415 e. The molecule has 146 valence electrons. The van der Waals surface area contributed by atoms with Crippen molar-refractivity contribution in [3.8, 4) is 11.5 Å². The number of aromatic nitrogens is 6. The van der Waals surface area contributed by atoms with Crippen LogP contribution in [0.15, 0.2) is 28.9 Å². The van der Waals surface area contributed by atoms with Crippen molar-refractivity contribution in [2.24, 2.45) is 0 Å². The molecule has 3 aromatic rings. The molecule has 1 aliphatic heterocycles. The van der Waals surface area contributed by atoms with Crippen LogP contribution in [-0.4, -0.2) is 54.6 Å². The Kier molecular flexibility index (Phi) is 5.04. The zero-order valence-corrected chi connectivity index (χ0v) is 14.8. The summed E-state index contributed by atoms with van der Waals surface area (Å²) in [6.07, 6.45) is 3.20. The van der Waals surface area contributed by atoms with E-state index >= 15 is 0 Å². The van der Waals surface area contributed by atoms with Crippen molar-refractivity contribution in [2.75, 3.05) is 13.1 Å². The zero-order chi connectivity index (χ0) is 19.5. The van der Waals surface area contributed by atoms with Gasteiger partial charge in [0.05, 0.1) is 23.5 Å². The molecule has 1 saturated heterocycles. The fourth-order valence-corrected chi connectivity index (χ4v) is 3.13. The van der Waals surface area contributed by atoms with E-state index < -0.39 is 12.3 Å². The first-order chi connectivity index (χ1) is 13.6. The predicted octanol–water partition coefficient (Wildman–Crippen LogP) is 2.04. The maximum absolute atomic E-state index is 12.5. The third-order valence-electron chi connectivity index (χ3n) is 4.68. The van der Waals surface area contributed by atoms with Crippen molar-refractivity contribution in [1.82, 2.24) is 35.1 Å². The molecule has 0 saturated carbocycles. The van der Waals surface area contributed by atoms with Gasteiger partial charge in [-0.3, -0.25) is 9.78 Å². The SMILES string of the molecule is O=CN1CCC(c2cn(Cc3ccc(-c4nnc(C(F)F)o4)cn3)nn2)CC1. The molecule has 3 aromatic heterocycles. The number of nitrogens with zero attached hydrogens (tertiary/aromatic N) is 7. The number of likely N-dealkylation sites (tertiary alicyclic amines) is 1. The van der Waals surface area contributed by atoms with Gasteiger partial charge in [-0.1, -0.05) is 5.21 Å². The Hall–Kier alpha value is -3.24. The van der Waals surface area contributed by atoms with Crippen molar-refractivity contribution >= 4 is 6.41 Å². The highest BCUT2D eigenvalue weighted by molar-refractivity contribution is 5.50. The third kappa shape index (κ3) is 3.87. The second-order valence-corrected chi connectivity index (χ2v) is 6.54. The van der Waals surface area contributed by atoms with Crippen LogP contribution in [0.25, 0.3) is 11.5 Å². The second kappa shape index (κ2) is 7.79. The average Bonchev–Trinajstić information content (AvgIpc) is 3.39. The number of amides is 1. The molecule has 1 amide bonds. The van der Waals surface area contributed by atoms with Crippen LogP contribution in [0.2, 0.25) is 0 Å². The van der Waals surface area contributed by atoms with Crippen LogP contribution in [0.1, 0.15) is 42.5 Å². The second-order valence-electron chi connectivity index (χ2n) is 6.54. The van der Waals surface area contributed by atoms with E-state index in [-0.39, 0.29) is 5.89 Å². The number of alkyl halides is 2. The predicted molar refractivity (Wildman–Crippen MR) is 91.2 cm³/mol. The van der Waals surface area contributed by atoms with E-state index in [1.807, 2.05) is 6.20 Å². The fourth-order valence-electron chi connectivity index (χ4n) is 3.13. The summed E-state index contributed by atoms with van der Waals surface area (Å²) < 4.78 is 31.7. The first kappa shape index (κ1) is 18.1. The molecule has 0 spiro atoms. The monoisotopic (exact) mass is 389 g/mol. The van der Waals surface area contributed by atoms with Gasteiger partial charge < -0.3 is 9.32 Å². The highest BCUT2D eigenvalue weighted by atomic mass is 19.3. The first-order valence-corrected chi connectivity index (χ1v) is 8.78. The van der Waals surface area contributed by atoms with Gasteiger partial charge in [-0.25, -0.2) is 4.68 Å². The Bertz CT molecular complexity index is 933. The molecule has 0 aliphatic carbocycles. The van der Waals surface area contributed by atoms with E-state index in [4.69, 9.17) is 4.42 Å². The van der Waals surface area contributed by atoms with Gasteiger partial charge in [0.1, 0.15) is 0 Å².